The molecule has 0 saturated carbocycles. The van der Waals surface area contributed by atoms with Gasteiger partial charge in [-0.05, 0) is 23.8 Å². The lowest BCUT2D eigenvalue weighted by atomic mass is 9.90. The lowest BCUT2D eigenvalue weighted by Crippen LogP contribution is -2.42. The number of benzene rings is 1. The Morgan fingerprint density at radius 3 is 2.11 bits per heavy atom. The van der Waals surface area contributed by atoms with Crippen LogP contribution < -0.4 is 0 Å². The molecule has 1 aromatic rings. The zero-order valence-corrected chi connectivity index (χ0v) is 12.0. The second kappa shape index (κ2) is 7.63. The second-order valence-electron chi connectivity index (χ2n) is 5.56. The SMILES string of the molecule is COC[C@@H]1C[C@H](COC)CN(Cc2ccccc2)C1. The first-order valence-electron chi connectivity index (χ1n) is 7.06. The zero-order chi connectivity index (χ0) is 13.5. The van der Waals surface area contributed by atoms with Crippen molar-refractivity contribution in [1.29, 1.82) is 0 Å². The maximum atomic E-state index is 5.34. The summed E-state index contributed by atoms with van der Waals surface area (Å²) in [6.45, 7) is 4.99. The quantitative estimate of drug-likeness (QED) is 0.787. The first kappa shape index (κ1) is 14.5. The first-order chi connectivity index (χ1) is 9.31. The monoisotopic (exact) mass is 263 g/mol. The summed E-state index contributed by atoms with van der Waals surface area (Å²) in [7, 11) is 3.59. The van der Waals surface area contributed by atoms with E-state index in [0.717, 1.165) is 32.8 Å². The van der Waals surface area contributed by atoms with E-state index >= 15 is 0 Å². The lowest BCUT2D eigenvalue weighted by Gasteiger charge is -2.37. The molecule has 2 atom stereocenters. The summed E-state index contributed by atoms with van der Waals surface area (Å²) < 4.78 is 10.7. The molecule has 1 aliphatic heterocycles. The number of methoxy groups -OCH3 is 2. The normalized spacial score (nSPS) is 24.5. The van der Waals surface area contributed by atoms with Crippen molar-refractivity contribution in [2.75, 3.05) is 40.5 Å². The Hall–Kier alpha value is -0.900. The van der Waals surface area contributed by atoms with E-state index in [1.165, 1.54) is 12.0 Å². The molecule has 0 unspecified atom stereocenters. The third-order valence-electron chi connectivity index (χ3n) is 3.75. The van der Waals surface area contributed by atoms with Crippen LogP contribution in [0.25, 0.3) is 0 Å². The second-order valence-corrected chi connectivity index (χ2v) is 5.56. The van der Waals surface area contributed by atoms with Gasteiger partial charge in [-0.15, -0.1) is 0 Å². The van der Waals surface area contributed by atoms with E-state index in [2.05, 4.69) is 35.2 Å². The molecule has 0 amide bonds. The third kappa shape index (κ3) is 4.60. The van der Waals surface area contributed by atoms with Crippen molar-refractivity contribution in [3.8, 4) is 0 Å². The van der Waals surface area contributed by atoms with Crippen molar-refractivity contribution in [2.24, 2.45) is 11.8 Å². The number of hydrogen-bond donors (Lipinski definition) is 0. The van der Waals surface area contributed by atoms with Crippen LogP contribution >= 0.6 is 0 Å². The number of likely N-dealkylation sites (tertiary alicyclic amines) is 1. The van der Waals surface area contributed by atoms with Crippen LogP contribution in [-0.2, 0) is 16.0 Å². The number of rotatable bonds is 6. The minimum absolute atomic E-state index is 0.627. The standard InChI is InChI=1S/C16H25NO2/c1-18-12-15-8-16(13-19-2)11-17(10-15)9-14-6-4-3-5-7-14/h3-7,15-16H,8-13H2,1-2H3/t15-,16+. The van der Waals surface area contributed by atoms with Gasteiger partial charge in [0.05, 0.1) is 13.2 Å². The maximum absolute atomic E-state index is 5.34. The molecule has 3 heteroatoms. The molecule has 0 N–H and O–H groups in total. The number of hydrogen-bond acceptors (Lipinski definition) is 3. The molecule has 106 valence electrons. The molecule has 1 heterocycles. The molecule has 1 aliphatic rings. The first-order valence-corrected chi connectivity index (χ1v) is 7.06. The number of nitrogens with zero attached hydrogens (tertiary/aromatic N) is 1. The van der Waals surface area contributed by atoms with Crippen LogP contribution in [0.1, 0.15) is 12.0 Å². The van der Waals surface area contributed by atoms with Crippen molar-refractivity contribution in [3.05, 3.63) is 35.9 Å². The van der Waals surface area contributed by atoms with Crippen LogP contribution in [0.2, 0.25) is 0 Å². The predicted octanol–water partition coefficient (Wildman–Crippen LogP) is 2.42. The van der Waals surface area contributed by atoms with E-state index < -0.39 is 0 Å². The zero-order valence-electron chi connectivity index (χ0n) is 12.0. The third-order valence-corrected chi connectivity index (χ3v) is 3.75. The van der Waals surface area contributed by atoms with Crippen molar-refractivity contribution >= 4 is 0 Å². The van der Waals surface area contributed by atoms with Crippen LogP contribution in [0.15, 0.2) is 30.3 Å². The van der Waals surface area contributed by atoms with E-state index in [1.807, 2.05) is 0 Å². The molecule has 1 aromatic carbocycles. The number of piperidine rings is 1. The summed E-state index contributed by atoms with van der Waals surface area (Å²) in [4.78, 5) is 2.53. The summed E-state index contributed by atoms with van der Waals surface area (Å²) in [5.41, 5.74) is 1.39. The van der Waals surface area contributed by atoms with Crippen molar-refractivity contribution in [1.82, 2.24) is 4.90 Å². The van der Waals surface area contributed by atoms with E-state index in [-0.39, 0.29) is 0 Å². The van der Waals surface area contributed by atoms with Gasteiger partial charge in [-0.3, -0.25) is 4.90 Å². The summed E-state index contributed by atoms with van der Waals surface area (Å²) >= 11 is 0. The Labute approximate surface area is 116 Å². The van der Waals surface area contributed by atoms with E-state index in [1.54, 1.807) is 14.2 Å². The summed E-state index contributed by atoms with van der Waals surface area (Å²) in [6.07, 6.45) is 1.22. The highest BCUT2D eigenvalue weighted by atomic mass is 16.5. The predicted molar refractivity (Wildman–Crippen MR) is 77.1 cm³/mol. The maximum Gasteiger partial charge on any atom is 0.0502 e. The van der Waals surface area contributed by atoms with Gasteiger partial charge in [-0.25, -0.2) is 0 Å². The van der Waals surface area contributed by atoms with Gasteiger partial charge in [0.1, 0.15) is 0 Å². The fourth-order valence-electron chi connectivity index (χ4n) is 3.11. The highest BCUT2D eigenvalue weighted by Gasteiger charge is 2.27. The van der Waals surface area contributed by atoms with E-state index in [9.17, 15) is 0 Å². The van der Waals surface area contributed by atoms with Gasteiger partial charge >= 0.3 is 0 Å². The minimum Gasteiger partial charge on any atom is -0.384 e. The average molecular weight is 263 g/mol. The van der Waals surface area contributed by atoms with Gasteiger partial charge in [0.2, 0.25) is 0 Å². The van der Waals surface area contributed by atoms with Gasteiger partial charge < -0.3 is 9.47 Å². The molecule has 0 aliphatic carbocycles. The molecule has 0 spiro atoms. The summed E-state index contributed by atoms with van der Waals surface area (Å²) in [5, 5.41) is 0. The number of ether oxygens (including phenoxy) is 2. The van der Waals surface area contributed by atoms with Crippen LogP contribution in [0.5, 0.6) is 0 Å². The molecule has 0 aromatic heterocycles. The Morgan fingerprint density at radius 2 is 1.58 bits per heavy atom. The topological polar surface area (TPSA) is 21.7 Å². The van der Waals surface area contributed by atoms with Gasteiger partial charge in [-0.1, -0.05) is 30.3 Å². The lowest BCUT2D eigenvalue weighted by molar-refractivity contribution is 0.0297. The average Bonchev–Trinajstić information content (AvgIpc) is 2.40. The van der Waals surface area contributed by atoms with Crippen LogP contribution in [0.4, 0.5) is 0 Å². The summed E-state index contributed by atoms with van der Waals surface area (Å²) in [5.74, 6) is 1.25. The van der Waals surface area contributed by atoms with E-state index in [4.69, 9.17) is 9.47 Å². The molecule has 3 nitrogen and oxygen atoms in total. The molecule has 2 rings (SSSR count). The van der Waals surface area contributed by atoms with Crippen LogP contribution in [0, 0.1) is 11.8 Å². The fraction of sp³-hybridized carbons (Fsp3) is 0.625. The fourth-order valence-corrected chi connectivity index (χ4v) is 3.11. The van der Waals surface area contributed by atoms with Crippen LogP contribution in [-0.4, -0.2) is 45.4 Å². The Morgan fingerprint density at radius 1 is 1.00 bits per heavy atom. The van der Waals surface area contributed by atoms with Gasteiger partial charge in [0.25, 0.3) is 0 Å². The Kier molecular flexibility index (Phi) is 5.83. The molecular formula is C16H25NO2. The Bertz CT molecular complexity index is 341. The molecule has 1 fully saturated rings. The van der Waals surface area contributed by atoms with Crippen LogP contribution in [0.3, 0.4) is 0 Å². The largest absolute Gasteiger partial charge is 0.384 e. The highest BCUT2D eigenvalue weighted by molar-refractivity contribution is 5.14. The highest BCUT2D eigenvalue weighted by Crippen LogP contribution is 2.23. The molecule has 0 radical (unpaired) electrons. The molecule has 19 heavy (non-hydrogen) atoms. The molecular weight excluding hydrogens is 238 g/mol. The van der Waals surface area contributed by atoms with Crippen molar-refractivity contribution in [2.45, 2.75) is 13.0 Å². The van der Waals surface area contributed by atoms with Crippen molar-refractivity contribution < 1.29 is 9.47 Å². The van der Waals surface area contributed by atoms with Gasteiger partial charge in [0, 0.05) is 33.9 Å². The van der Waals surface area contributed by atoms with Gasteiger partial charge in [-0.2, -0.15) is 0 Å². The molecule has 1 saturated heterocycles. The Balaban J connectivity index is 1.94. The molecule has 0 bridgehead atoms. The van der Waals surface area contributed by atoms with Gasteiger partial charge in [0.15, 0.2) is 0 Å². The van der Waals surface area contributed by atoms with Crippen molar-refractivity contribution in [3.63, 3.8) is 0 Å². The smallest absolute Gasteiger partial charge is 0.0502 e. The summed E-state index contributed by atoms with van der Waals surface area (Å²) in [6, 6.07) is 10.7. The minimum atomic E-state index is 0.627. The van der Waals surface area contributed by atoms with E-state index in [0.29, 0.717) is 11.8 Å².